The molecule has 1 aliphatic carbocycles. The van der Waals surface area contributed by atoms with Gasteiger partial charge in [-0.05, 0) is 31.9 Å². The molecule has 7 heteroatoms. The number of aryl methyl sites for hydroxylation is 1. The molecular formula is C17H24N6S. The van der Waals surface area contributed by atoms with Crippen molar-refractivity contribution in [3.8, 4) is 0 Å². The number of hydrogen-bond acceptors (Lipinski definition) is 7. The molecule has 2 aromatic heterocycles. The first-order chi connectivity index (χ1) is 11.8. The van der Waals surface area contributed by atoms with Crippen LogP contribution in [0.5, 0.6) is 0 Å². The monoisotopic (exact) mass is 344 g/mol. The van der Waals surface area contributed by atoms with E-state index in [0.717, 1.165) is 62.9 Å². The number of piperazine rings is 1. The smallest absolute Gasteiger partial charge is 0.225 e. The van der Waals surface area contributed by atoms with E-state index in [0.29, 0.717) is 6.04 Å². The van der Waals surface area contributed by atoms with Gasteiger partial charge in [0.25, 0.3) is 0 Å². The van der Waals surface area contributed by atoms with E-state index in [1.165, 1.54) is 11.3 Å². The van der Waals surface area contributed by atoms with Crippen LogP contribution < -0.4 is 10.2 Å². The predicted molar refractivity (Wildman–Crippen MR) is 96.5 cm³/mol. The molecule has 0 radical (unpaired) electrons. The number of nitrogens with one attached hydrogen (secondary N) is 1. The van der Waals surface area contributed by atoms with E-state index in [1.54, 1.807) is 11.3 Å². The fraction of sp³-hybridized carbons (Fsp3) is 0.588. The third-order valence-electron chi connectivity index (χ3n) is 4.95. The molecule has 1 aliphatic heterocycles. The summed E-state index contributed by atoms with van der Waals surface area (Å²) in [7, 11) is 2.17. The molecule has 0 amide bonds. The summed E-state index contributed by atoms with van der Waals surface area (Å²) in [6.45, 7) is 5.07. The molecule has 0 saturated carbocycles. The second-order valence-corrected chi connectivity index (χ2v) is 7.66. The molecule has 1 atom stereocenters. The average molecular weight is 344 g/mol. The minimum Gasteiger partial charge on any atom is -0.338 e. The van der Waals surface area contributed by atoms with Crippen LogP contribution in [0.2, 0.25) is 0 Å². The van der Waals surface area contributed by atoms with Crippen molar-refractivity contribution in [3.63, 3.8) is 0 Å². The molecule has 1 saturated heterocycles. The molecule has 0 bridgehead atoms. The number of hydrogen-bond donors (Lipinski definition) is 1. The molecule has 1 fully saturated rings. The average Bonchev–Trinajstić information content (AvgIpc) is 3.13. The maximum atomic E-state index is 4.86. The zero-order valence-electron chi connectivity index (χ0n) is 14.1. The molecule has 3 heterocycles. The van der Waals surface area contributed by atoms with Crippen LogP contribution >= 0.6 is 11.3 Å². The van der Waals surface area contributed by atoms with Crippen molar-refractivity contribution >= 4 is 17.3 Å². The van der Waals surface area contributed by atoms with Crippen LogP contribution in [0.3, 0.4) is 0 Å². The van der Waals surface area contributed by atoms with Gasteiger partial charge in [0.1, 0.15) is 5.01 Å². The number of anilines is 1. The summed E-state index contributed by atoms with van der Waals surface area (Å²) in [6.07, 6.45) is 7.11. The van der Waals surface area contributed by atoms with E-state index in [-0.39, 0.29) is 0 Å². The van der Waals surface area contributed by atoms with Crippen molar-refractivity contribution in [1.82, 2.24) is 25.2 Å². The number of rotatable bonds is 4. The molecule has 1 N–H and O–H groups in total. The molecule has 0 aromatic carbocycles. The maximum Gasteiger partial charge on any atom is 0.225 e. The first kappa shape index (κ1) is 15.9. The molecule has 6 nitrogen and oxygen atoms in total. The van der Waals surface area contributed by atoms with Crippen molar-refractivity contribution in [2.45, 2.75) is 31.8 Å². The van der Waals surface area contributed by atoms with Crippen LogP contribution in [0.4, 0.5) is 5.95 Å². The normalized spacial score (nSPS) is 21.7. The van der Waals surface area contributed by atoms with Gasteiger partial charge in [-0.1, -0.05) is 0 Å². The highest BCUT2D eigenvalue weighted by molar-refractivity contribution is 7.09. The molecule has 128 valence electrons. The molecular weight excluding hydrogens is 320 g/mol. The van der Waals surface area contributed by atoms with Gasteiger partial charge >= 0.3 is 0 Å². The van der Waals surface area contributed by atoms with Crippen LogP contribution in [-0.4, -0.2) is 59.1 Å². The zero-order valence-corrected chi connectivity index (χ0v) is 14.9. The number of nitrogens with zero attached hydrogens (tertiary/aromatic N) is 5. The van der Waals surface area contributed by atoms with Crippen LogP contribution in [-0.2, 0) is 19.4 Å². The Morgan fingerprint density at radius 3 is 2.92 bits per heavy atom. The Labute approximate surface area is 146 Å². The number of fused-ring (bicyclic) bond motifs is 1. The van der Waals surface area contributed by atoms with Crippen LogP contribution in [0.25, 0.3) is 0 Å². The third-order valence-corrected chi connectivity index (χ3v) is 5.73. The Morgan fingerprint density at radius 2 is 2.12 bits per heavy atom. The van der Waals surface area contributed by atoms with Crippen LogP contribution in [0.1, 0.15) is 22.7 Å². The lowest BCUT2D eigenvalue weighted by Crippen LogP contribution is -2.45. The van der Waals surface area contributed by atoms with E-state index in [1.807, 2.05) is 17.8 Å². The number of likely N-dealkylation sites (N-methyl/N-ethyl adjacent to an activating group) is 1. The van der Waals surface area contributed by atoms with Crippen molar-refractivity contribution in [2.24, 2.45) is 0 Å². The van der Waals surface area contributed by atoms with Gasteiger partial charge in [0.2, 0.25) is 5.95 Å². The van der Waals surface area contributed by atoms with Gasteiger partial charge in [-0.3, -0.25) is 0 Å². The van der Waals surface area contributed by atoms with Crippen LogP contribution in [0.15, 0.2) is 17.8 Å². The van der Waals surface area contributed by atoms with E-state index in [2.05, 4.69) is 32.1 Å². The predicted octanol–water partition coefficient (Wildman–Crippen LogP) is 1.33. The molecule has 2 aromatic rings. The highest BCUT2D eigenvalue weighted by atomic mass is 32.1. The second kappa shape index (κ2) is 7.13. The summed E-state index contributed by atoms with van der Waals surface area (Å²) in [6, 6.07) is 0.500. The van der Waals surface area contributed by atoms with Crippen molar-refractivity contribution in [3.05, 3.63) is 34.0 Å². The standard InChI is InChI=1S/C17H24N6S/c1-22-5-7-23(8-6-22)17-20-11-13-10-14(2-3-15(13)21-17)19-12-16-18-4-9-24-16/h4,9,11,14,19H,2-3,5-8,10,12H2,1H3/t14-/m0/s1. The van der Waals surface area contributed by atoms with Gasteiger partial charge in [-0.2, -0.15) is 0 Å². The quantitative estimate of drug-likeness (QED) is 0.903. The Balaban J connectivity index is 1.38. The van der Waals surface area contributed by atoms with Crippen molar-refractivity contribution < 1.29 is 0 Å². The summed E-state index contributed by atoms with van der Waals surface area (Å²) in [5.74, 6) is 0.913. The van der Waals surface area contributed by atoms with Gasteiger partial charge in [0.05, 0.1) is 0 Å². The minimum atomic E-state index is 0.500. The summed E-state index contributed by atoms with van der Waals surface area (Å²) in [5, 5.41) is 6.81. The Morgan fingerprint density at radius 1 is 1.25 bits per heavy atom. The summed E-state index contributed by atoms with van der Waals surface area (Å²) < 4.78 is 0. The van der Waals surface area contributed by atoms with E-state index in [9.17, 15) is 0 Å². The number of aromatic nitrogens is 3. The molecule has 0 unspecified atom stereocenters. The lowest BCUT2D eigenvalue weighted by Gasteiger charge is -2.33. The fourth-order valence-corrected chi connectivity index (χ4v) is 3.97. The fourth-order valence-electron chi connectivity index (χ4n) is 3.40. The maximum absolute atomic E-state index is 4.86. The van der Waals surface area contributed by atoms with Gasteiger partial charge in [0, 0.05) is 62.2 Å². The lowest BCUT2D eigenvalue weighted by atomic mass is 9.93. The SMILES string of the molecule is CN1CCN(c2ncc3c(n2)CC[C@H](NCc2nccs2)C3)CC1. The van der Waals surface area contributed by atoms with Gasteiger partial charge in [-0.25, -0.2) is 15.0 Å². The molecule has 0 spiro atoms. The molecule has 4 rings (SSSR count). The summed E-state index contributed by atoms with van der Waals surface area (Å²) >= 11 is 1.71. The van der Waals surface area contributed by atoms with Crippen LogP contribution in [0, 0.1) is 0 Å². The van der Waals surface area contributed by atoms with Gasteiger partial charge in [-0.15, -0.1) is 11.3 Å². The van der Waals surface area contributed by atoms with E-state index >= 15 is 0 Å². The topological polar surface area (TPSA) is 57.2 Å². The number of thiazole rings is 1. The summed E-state index contributed by atoms with van der Waals surface area (Å²) in [4.78, 5) is 18.5. The first-order valence-corrected chi connectivity index (χ1v) is 9.56. The van der Waals surface area contributed by atoms with Crippen molar-refractivity contribution in [2.75, 3.05) is 38.1 Å². The zero-order chi connectivity index (χ0) is 16.4. The molecule has 2 aliphatic rings. The largest absolute Gasteiger partial charge is 0.338 e. The molecule has 24 heavy (non-hydrogen) atoms. The third kappa shape index (κ3) is 3.58. The van der Waals surface area contributed by atoms with Gasteiger partial charge in [0.15, 0.2) is 0 Å². The highest BCUT2D eigenvalue weighted by Crippen LogP contribution is 2.22. The lowest BCUT2D eigenvalue weighted by molar-refractivity contribution is 0.311. The summed E-state index contributed by atoms with van der Waals surface area (Å²) in [5.41, 5.74) is 2.54. The minimum absolute atomic E-state index is 0.500. The Bertz CT molecular complexity index is 666. The first-order valence-electron chi connectivity index (χ1n) is 8.68. The Hall–Kier alpha value is -1.57. The van der Waals surface area contributed by atoms with Crippen molar-refractivity contribution in [1.29, 1.82) is 0 Å². The second-order valence-electron chi connectivity index (χ2n) is 6.68. The van der Waals surface area contributed by atoms with Gasteiger partial charge < -0.3 is 15.1 Å². The van der Waals surface area contributed by atoms with E-state index < -0.39 is 0 Å². The Kier molecular flexibility index (Phi) is 4.73. The highest BCUT2D eigenvalue weighted by Gasteiger charge is 2.22. The van der Waals surface area contributed by atoms with E-state index in [4.69, 9.17) is 4.98 Å².